The molecule has 2 saturated carbocycles. The van der Waals surface area contributed by atoms with Crippen LogP contribution in [0.3, 0.4) is 0 Å². The van der Waals surface area contributed by atoms with Gasteiger partial charge >= 0.3 is 5.97 Å². The number of carboxylic acid groups (broad SMARTS) is 1. The van der Waals surface area contributed by atoms with Crippen LogP contribution in [0.25, 0.3) is 0 Å². The number of benzene rings is 1. The second-order valence-electron chi connectivity index (χ2n) is 6.90. The molecule has 4 atom stereocenters. The standard InChI is InChI=1S/C19H23NO5S/c1-3-4-11-25-15-7-9-16(10-8-15)26(23,24)20(2)18-14-6-5-13(12-14)17(18)19(21)22/h7-10,13-14,17-18H,5-6,11-12H2,1-2H3,(H,21,22)/t13-,14-,17-,18+/m1/s1. The van der Waals surface area contributed by atoms with Crippen LogP contribution >= 0.6 is 0 Å². The lowest BCUT2D eigenvalue weighted by Gasteiger charge is -2.34. The molecular formula is C19H23NO5S. The van der Waals surface area contributed by atoms with Gasteiger partial charge in [-0.05, 0) is 62.3 Å². The average Bonchev–Trinajstić information content (AvgIpc) is 3.23. The van der Waals surface area contributed by atoms with Gasteiger partial charge in [-0.3, -0.25) is 4.79 Å². The minimum atomic E-state index is -3.77. The van der Waals surface area contributed by atoms with Gasteiger partial charge in [0.1, 0.15) is 12.4 Å². The summed E-state index contributed by atoms with van der Waals surface area (Å²) in [5, 5.41) is 9.58. The van der Waals surface area contributed by atoms with Crippen molar-refractivity contribution < 1.29 is 23.1 Å². The molecule has 2 bridgehead atoms. The van der Waals surface area contributed by atoms with E-state index in [0.717, 1.165) is 19.3 Å². The van der Waals surface area contributed by atoms with Gasteiger partial charge < -0.3 is 9.84 Å². The van der Waals surface area contributed by atoms with Gasteiger partial charge in [-0.25, -0.2) is 8.42 Å². The van der Waals surface area contributed by atoms with Gasteiger partial charge in [-0.15, -0.1) is 5.92 Å². The molecule has 0 spiro atoms. The number of fused-ring (bicyclic) bond motifs is 2. The van der Waals surface area contributed by atoms with Gasteiger partial charge in [0.05, 0.1) is 10.8 Å². The first-order valence-electron chi connectivity index (χ1n) is 8.69. The molecule has 6 nitrogen and oxygen atoms in total. The first-order valence-corrected chi connectivity index (χ1v) is 10.1. The topological polar surface area (TPSA) is 83.9 Å². The molecule has 2 aliphatic carbocycles. The van der Waals surface area contributed by atoms with E-state index in [2.05, 4.69) is 11.8 Å². The zero-order chi connectivity index (χ0) is 18.9. The third-order valence-electron chi connectivity index (χ3n) is 5.57. The minimum Gasteiger partial charge on any atom is -0.481 e. The molecule has 0 heterocycles. The van der Waals surface area contributed by atoms with Gasteiger partial charge in [0.25, 0.3) is 0 Å². The number of hydrogen-bond donors (Lipinski definition) is 1. The molecule has 0 unspecified atom stereocenters. The van der Waals surface area contributed by atoms with E-state index in [1.165, 1.54) is 23.5 Å². The van der Waals surface area contributed by atoms with Crippen LogP contribution in [0.1, 0.15) is 26.2 Å². The summed E-state index contributed by atoms with van der Waals surface area (Å²) in [4.78, 5) is 11.8. The second kappa shape index (κ2) is 7.29. The van der Waals surface area contributed by atoms with Gasteiger partial charge in [0, 0.05) is 13.1 Å². The highest BCUT2D eigenvalue weighted by molar-refractivity contribution is 7.89. The number of nitrogens with zero attached hydrogens (tertiary/aromatic N) is 1. The Morgan fingerprint density at radius 3 is 2.54 bits per heavy atom. The molecule has 7 heteroatoms. The summed E-state index contributed by atoms with van der Waals surface area (Å²) in [7, 11) is -2.27. The number of sulfonamides is 1. The number of rotatable bonds is 6. The van der Waals surface area contributed by atoms with Crippen LogP contribution in [0.4, 0.5) is 0 Å². The quantitative estimate of drug-likeness (QED) is 0.769. The summed E-state index contributed by atoms with van der Waals surface area (Å²) in [6.07, 6.45) is 2.57. The van der Waals surface area contributed by atoms with Crippen molar-refractivity contribution in [2.24, 2.45) is 17.8 Å². The Labute approximate surface area is 154 Å². The first kappa shape index (κ1) is 18.7. The van der Waals surface area contributed by atoms with Crippen LogP contribution in [0, 0.1) is 29.6 Å². The number of aliphatic carboxylic acids is 1. The monoisotopic (exact) mass is 377 g/mol. The molecular weight excluding hydrogens is 354 g/mol. The van der Waals surface area contributed by atoms with E-state index in [9.17, 15) is 18.3 Å². The molecule has 0 aliphatic heterocycles. The lowest BCUT2D eigenvalue weighted by Crippen LogP contribution is -2.47. The van der Waals surface area contributed by atoms with Crippen LogP contribution < -0.4 is 4.74 Å². The van der Waals surface area contributed by atoms with E-state index < -0.39 is 28.0 Å². The Balaban J connectivity index is 1.80. The van der Waals surface area contributed by atoms with Crippen molar-refractivity contribution >= 4 is 16.0 Å². The highest BCUT2D eigenvalue weighted by Gasteiger charge is 2.54. The van der Waals surface area contributed by atoms with Crippen molar-refractivity contribution in [3.63, 3.8) is 0 Å². The van der Waals surface area contributed by atoms with Crippen molar-refractivity contribution in [3.05, 3.63) is 24.3 Å². The van der Waals surface area contributed by atoms with Crippen LogP contribution in [0.5, 0.6) is 5.75 Å². The fourth-order valence-corrected chi connectivity index (χ4v) is 5.79. The van der Waals surface area contributed by atoms with E-state index in [0.29, 0.717) is 5.75 Å². The molecule has 2 fully saturated rings. The molecule has 0 saturated heterocycles. The Hall–Kier alpha value is -2.04. The number of hydrogen-bond acceptors (Lipinski definition) is 4. The second-order valence-corrected chi connectivity index (χ2v) is 8.89. The van der Waals surface area contributed by atoms with Crippen LogP contribution in [0.15, 0.2) is 29.2 Å². The summed E-state index contributed by atoms with van der Waals surface area (Å²) >= 11 is 0. The predicted octanol–water partition coefficient (Wildman–Crippen LogP) is 2.21. The maximum absolute atomic E-state index is 13.0. The lowest BCUT2D eigenvalue weighted by molar-refractivity contribution is -0.145. The maximum atomic E-state index is 13.0. The fourth-order valence-electron chi connectivity index (χ4n) is 4.36. The maximum Gasteiger partial charge on any atom is 0.308 e. The van der Waals surface area contributed by atoms with Gasteiger partial charge in [-0.1, -0.05) is 5.92 Å². The van der Waals surface area contributed by atoms with Crippen molar-refractivity contribution in [2.75, 3.05) is 13.7 Å². The Bertz CT molecular complexity index is 837. The molecule has 0 amide bonds. The highest BCUT2D eigenvalue weighted by atomic mass is 32.2. The minimum absolute atomic E-state index is 0.0793. The molecule has 26 heavy (non-hydrogen) atoms. The van der Waals surface area contributed by atoms with E-state index in [-0.39, 0.29) is 23.3 Å². The molecule has 140 valence electrons. The normalized spacial score (nSPS) is 27.2. The lowest BCUT2D eigenvalue weighted by atomic mass is 9.84. The van der Waals surface area contributed by atoms with E-state index in [4.69, 9.17) is 4.74 Å². The van der Waals surface area contributed by atoms with E-state index >= 15 is 0 Å². The highest BCUT2D eigenvalue weighted by Crippen LogP contribution is 2.51. The summed E-state index contributed by atoms with van der Waals surface area (Å²) in [5.41, 5.74) is 0. The molecule has 1 N–H and O–H groups in total. The third kappa shape index (κ3) is 3.31. The van der Waals surface area contributed by atoms with Gasteiger partial charge in [0.15, 0.2) is 0 Å². The Kier molecular flexibility index (Phi) is 5.26. The summed E-state index contributed by atoms with van der Waals surface area (Å²) in [6, 6.07) is 5.68. The fraction of sp³-hybridized carbons (Fsp3) is 0.526. The number of carbonyl (C=O) groups is 1. The third-order valence-corrected chi connectivity index (χ3v) is 7.44. The largest absolute Gasteiger partial charge is 0.481 e. The van der Waals surface area contributed by atoms with E-state index in [1.807, 2.05) is 0 Å². The van der Waals surface area contributed by atoms with Crippen LogP contribution in [0.2, 0.25) is 0 Å². The van der Waals surface area contributed by atoms with Crippen molar-refractivity contribution in [2.45, 2.75) is 37.1 Å². The molecule has 2 aliphatic rings. The van der Waals surface area contributed by atoms with E-state index in [1.54, 1.807) is 19.1 Å². The zero-order valence-electron chi connectivity index (χ0n) is 14.9. The van der Waals surface area contributed by atoms with Crippen molar-refractivity contribution in [1.29, 1.82) is 0 Å². The Morgan fingerprint density at radius 1 is 1.27 bits per heavy atom. The summed E-state index contributed by atoms with van der Waals surface area (Å²) < 4.78 is 32.7. The zero-order valence-corrected chi connectivity index (χ0v) is 15.7. The van der Waals surface area contributed by atoms with Crippen molar-refractivity contribution in [3.8, 4) is 17.6 Å². The smallest absolute Gasteiger partial charge is 0.308 e. The molecule has 0 radical (unpaired) electrons. The first-order chi connectivity index (χ1) is 12.4. The van der Waals surface area contributed by atoms with Crippen LogP contribution in [-0.4, -0.2) is 43.5 Å². The molecule has 1 aromatic rings. The van der Waals surface area contributed by atoms with Gasteiger partial charge in [0.2, 0.25) is 10.0 Å². The molecule has 1 aromatic carbocycles. The summed E-state index contributed by atoms with van der Waals surface area (Å²) in [6.45, 7) is 1.96. The number of carboxylic acids is 1. The predicted molar refractivity (Wildman–Crippen MR) is 96.1 cm³/mol. The van der Waals surface area contributed by atoms with Crippen molar-refractivity contribution in [1.82, 2.24) is 4.31 Å². The molecule has 3 rings (SSSR count). The molecule has 0 aromatic heterocycles. The SMILES string of the molecule is CC#CCOc1ccc(S(=O)(=O)N(C)[C@H]2[C@@H]3CC[C@H](C3)[C@H]2C(=O)O)cc1. The van der Waals surface area contributed by atoms with Gasteiger partial charge in [-0.2, -0.15) is 4.31 Å². The Morgan fingerprint density at radius 2 is 1.92 bits per heavy atom. The summed E-state index contributed by atoms with van der Waals surface area (Å²) in [5.74, 6) is 4.71. The average molecular weight is 377 g/mol. The number of ether oxygens (including phenoxy) is 1. The van der Waals surface area contributed by atoms with Crippen LogP contribution in [-0.2, 0) is 14.8 Å².